The summed E-state index contributed by atoms with van der Waals surface area (Å²) in [7, 11) is 0. The lowest BCUT2D eigenvalue weighted by Gasteiger charge is -2.03. The van der Waals surface area contributed by atoms with Crippen LogP contribution in [0.5, 0.6) is 0 Å². The maximum absolute atomic E-state index is 11.3. The minimum atomic E-state index is -0.639. The zero-order valence-electron chi connectivity index (χ0n) is 10.8. The van der Waals surface area contributed by atoms with Crippen molar-refractivity contribution < 1.29 is 4.79 Å². The molecule has 3 aromatic rings. The van der Waals surface area contributed by atoms with Gasteiger partial charge in [0.25, 0.3) is 5.91 Å². The SMILES string of the molecule is NC(=O)c1cc(-n2nnc(-c3ccccc3)n2)ncc1N. The van der Waals surface area contributed by atoms with E-state index < -0.39 is 5.91 Å². The van der Waals surface area contributed by atoms with Crippen LogP contribution in [-0.2, 0) is 0 Å². The maximum atomic E-state index is 11.3. The van der Waals surface area contributed by atoms with E-state index in [9.17, 15) is 4.79 Å². The van der Waals surface area contributed by atoms with Gasteiger partial charge in [-0.1, -0.05) is 30.3 Å². The topological polar surface area (TPSA) is 126 Å². The smallest absolute Gasteiger partial charge is 0.250 e. The van der Waals surface area contributed by atoms with Gasteiger partial charge in [-0.3, -0.25) is 4.79 Å². The number of aromatic nitrogens is 5. The summed E-state index contributed by atoms with van der Waals surface area (Å²) in [6.45, 7) is 0. The number of benzene rings is 1. The highest BCUT2D eigenvalue weighted by molar-refractivity contribution is 5.98. The summed E-state index contributed by atoms with van der Waals surface area (Å²) in [4.78, 5) is 16.6. The van der Waals surface area contributed by atoms with E-state index in [1.807, 2.05) is 30.3 Å². The lowest BCUT2D eigenvalue weighted by molar-refractivity contribution is 0.100. The Labute approximate surface area is 119 Å². The first kappa shape index (κ1) is 12.7. The summed E-state index contributed by atoms with van der Waals surface area (Å²) in [5.41, 5.74) is 12.1. The normalized spacial score (nSPS) is 10.5. The minimum Gasteiger partial charge on any atom is -0.397 e. The lowest BCUT2D eigenvalue weighted by atomic mass is 10.2. The van der Waals surface area contributed by atoms with Gasteiger partial charge in [0.1, 0.15) is 0 Å². The second-order valence-corrected chi connectivity index (χ2v) is 4.26. The standard InChI is InChI=1S/C13H11N7O/c14-10-7-16-11(6-9(10)12(15)21)20-18-13(17-19-20)8-4-2-1-3-5-8/h1-7H,14H2,(H2,15,21). The number of amides is 1. The number of carbonyl (C=O) groups excluding carboxylic acids is 1. The molecule has 0 atom stereocenters. The number of pyridine rings is 1. The Morgan fingerprint density at radius 2 is 1.95 bits per heavy atom. The number of primary amides is 1. The van der Waals surface area contributed by atoms with Crippen LogP contribution in [-0.4, -0.2) is 31.1 Å². The van der Waals surface area contributed by atoms with Crippen LogP contribution in [0.3, 0.4) is 0 Å². The van der Waals surface area contributed by atoms with Gasteiger partial charge in [-0.05, 0) is 11.3 Å². The van der Waals surface area contributed by atoms with Crippen LogP contribution < -0.4 is 11.5 Å². The van der Waals surface area contributed by atoms with Crippen molar-refractivity contribution in [2.45, 2.75) is 0 Å². The van der Waals surface area contributed by atoms with E-state index in [-0.39, 0.29) is 11.3 Å². The van der Waals surface area contributed by atoms with Crippen molar-refractivity contribution in [3.05, 3.63) is 48.2 Å². The van der Waals surface area contributed by atoms with E-state index >= 15 is 0 Å². The zero-order chi connectivity index (χ0) is 14.8. The number of nitrogens with two attached hydrogens (primary N) is 2. The van der Waals surface area contributed by atoms with Crippen LogP contribution >= 0.6 is 0 Å². The molecule has 0 unspecified atom stereocenters. The average molecular weight is 281 g/mol. The number of hydrogen-bond donors (Lipinski definition) is 2. The molecule has 1 aromatic carbocycles. The Kier molecular flexibility index (Phi) is 3.03. The fourth-order valence-electron chi connectivity index (χ4n) is 1.79. The molecule has 0 aliphatic carbocycles. The van der Waals surface area contributed by atoms with Crippen molar-refractivity contribution in [1.82, 2.24) is 25.2 Å². The quantitative estimate of drug-likeness (QED) is 0.716. The van der Waals surface area contributed by atoms with Gasteiger partial charge in [0.15, 0.2) is 5.82 Å². The van der Waals surface area contributed by atoms with Crippen molar-refractivity contribution in [2.24, 2.45) is 5.73 Å². The molecular formula is C13H11N7O. The van der Waals surface area contributed by atoms with Crippen molar-refractivity contribution in [3.8, 4) is 17.2 Å². The summed E-state index contributed by atoms with van der Waals surface area (Å²) in [5, 5.41) is 12.1. The molecule has 8 heteroatoms. The summed E-state index contributed by atoms with van der Waals surface area (Å²) in [5.74, 6) is 0.127. The molecule has 104 valence electrons. The largest absolute Gasteiger partial charge is 0.397 e. The second-order valence-electron chi connectivity index (χ2n) is 4.26. The Bertz CT molecular complexity index is 797. The average Bonchev–Trinajstić information content (AvgIpc) is 2.98. The molecule has 3 rings (SSSR count). The second kappa shape index (κ2) is 5.00. The van der Waals surface area contributed by atoms with Crippen LogP contribution in [0.15, 0.2) is 42.6 Å². The zero-order valence-corrected chi connectivity index (χ0v) is 10.8. The van der Waals surface area contributed by atoms with E-state index in [0.29, 0.717) is 11.6 Å². The Balaban J connectivity index is 2.01. The molecule has 0 radical (unpaired) electrons. The van der Waals surface area contributed by atoms with Crippen LogP contribution in [0, 0.1) is 0 Å². The summed E-state index contributed by atoms with van der Waals surface area (Å²) in [6.07, 6.45) is 1.33. The Morgan fingerprint density at radius 3 is 2.67 bits per heavy atom. The molecule has 0 bridgehead atoms. The molecule has 0 fully saturated rings. The van der Waals surface area contributed by atoms with Gasteiger partial charge in [-0.2, -0.15) is 0 Å². The molecule has 0 spiro atoms. The Morgan fingerprint density at radius 1 is 1.19 bits per heavy atom. The number of carbonyl (C=O) groups is 1. The predicted octanol–water partition coefficient (Wildman–Crippen LogP) is 0.405. The highest BCUT2D eigenvalue weighted by atomic mass is 16.1. The van der Waals surface area contributed by atoms with Gasteiger partial charge in [-0.25, -0.2) is 4.98 Å². The maximum Gasteiger partial charge on any atom is 0.250 e. The molecule has 0 saturated heterocycles. The van der Waals surface area contributed by atoms with E-state index in [4.69, 9.17) is 11.5 Å². The first-order chi connectivity index (χ1) is 10.1. The first-order valence-corrected chi connectivity index (χ1v) is 6.06. The van der Waals surface area contributed by atoms with E-state index in [1.165, 1.54) is 17.1 Å². The molecule has 8 nitrogen and oxygen atoms in total. The monoisotopic (exact) mass is 281 g/mol. The van der Waals surface area contributed by atoms with Gasteiger partial charge in [-0.15, -0.1) is 15.0 Å². The summed E-state index contributed by atoms with van der Waals surface area (Å²) in [6, 6.07) is 10.8. The third-order valence-electron chi connectivity index (χ3n) is 2.84. The number of tetrazole rings is 1. The van der Waals surface area contributed by atoms with Crippen LogP contribution in [0.1, 0.15) is 10.4 Å². The highest BCUT2D eigenvalue weighted by Crippen LogP contribution is 2.15. The predicted molar refractivity (Wildman–Crippen MR) is 75.3 cm³/mol. The molecule has 0 saturated carbocycles. The highest BCUT2D eigenvalue weighted by Gasteiger charge is 2.12. The van der Waals surface area contributed by atoms with E-state index in [1.54, 1.807) is 0 Å². The van der Waals surface area contributed by atoms with Crippen LogP contribution in [0.2, 0.25) is 0 Å². The molecule has 0 aliphatic rings. The third kappa shape index (κ3) is 2.41. The van der Waals surface area contributed by atoms with Crippen LogP contribution in [0.25, 0.3) is 17.2 Å². The molecule has 2 heterocycles. The number of rotatable bonds is 3. The van der Waals surface area contributed by atoms with Gasteiger partial charge in [0.2, 0.25) is 5.82 Å². The molecule has 1 amide bonds. The van der Waals surface area contributed by atoms with Gasteiger partial charge >= 0.3 is 0 Å². The van der Waals surface area contributed by atoms with E-state index in [2.05, 4.69) is 20.4 Å². The van der Waals surface area contributed by atoms with Crippen molar-refractivity contribution >= 4 is 11.6 Å². The number of anilines is 1. The fraction of sp³-hybridized carbons (Fsp3) is 0. The van der Waals surface area contributed by atoms with Gasteiger partial charge < -0.3 is 11.5 Å². The van der Waals surface area contributed by atoms with Gasteiger partial charge in [0, 0.05) is 5.56 Å². The number of nitrogen functional groups attached to an aromatic ring is 1. The number of nitrogens with zero attached hydrogens (tertiary/aromatic N) is 5. The summed E-state index contributed by atoms with van der Waals surface area (Å²) >= 11 is 0. The molecular weight excluding hydrogens is 270 g/mol. The van der Waals surface area contributed by atoms with E-state index in [0.717, 1.165) is 5.56 Å². The number of hydrogen-bond acceptors (Lipinski definition) is 6. The van der Waals surface area contributed by atoms with Gasteiger partial charge in [0.05, 0.1) is 17.4 Å². The van der Waals surface area contributed by atoms with Crippen molar-refractivity contribution in [2.75, 3.05) is 5.73 Å². The summed E-state index contributed by atoms with van der Waals surface area (Å²) < 4.78 is 0. The molecule has 0 aliphatic heterocycles. The third-order valence-corrected chi connectivity index (χ3v) is 2.84. The molecule has 21 heavy (non-hydrogen) atoms. The minimum absolute atomic E-state index is 0.165. The molecule has 4 N–H and O–H groups in total. The van der Waals surface area contributed by atoms with Crippen LogP contribution in [0.4, 0.5) is 5.69 Å². The van der Waals surface area contributed by atoms with Crippen molar-refractivity contribution in [1.29, 1.82) is 0 Å². The Hall–Kier alpha value is -3.29. The first-order valence-electron chi connectivity index (χ1n) is 6.06. The van der Waals surface area contributed by atoms with Crippen molar-refractivity contribution in [3.63, 3.8) is 0 Å². The molecule has 2 aromatic heterocycles. The fourth-order valence-corrected chi connectivity index (χ4v) is 1.79. The lowest BCUT2D eigenvalue weighted by Crippen LogP contribution is -2.15.